The van der Waals surface area contributed by atoms with Crippen LogP contribution in [-0.4, -0.2) is 11.6 Å². The van der Waals surface area contributed by atoms with Gasteiger partial charge in [-0.1, -0.05) is 60.5 Å². The van der Waals surface area contributed by atoms with E-state index in [1.54, 1.807) is 6.08 Å². The lowest BCUT2D eigenvalue weighted by molar-refractivity contribution is -0.115. The van der Waals surface area contributed by atoms with Gasteiger partial charge in [0.15, 0.2) is 0 Å². The fourth-order valence-electron chi connectivity index (χ4n) is 2.71. The molecule has 6 heteroatoms. The number of amides is 1. The van der Waals surface area contributed by atoms with Gasteiger partial charge in [-0.3, -0.25) is 9.52 Å². The van der Waals surface area contributed by atoms with Crippen molar-refractivity contribution < 1.29 is 4.79 Å². The van der Waals surface area contributed by atoms with Gasteiger partial charge in [-0.2, -0.15) is 0 Å². The molecule has 2 aromatic rings. The summed E-state index contributed by atoms with van der Waals surface area (Å²) in [4.78, 5) is 18.1. The summed E-state index contributed by atoms with van der Waals surface area (Å²) in [6, 6.07) is 13.1. The van der Waals surface area contributed by atoms with Crippen LogP contribution >= 0.6 is 35.1 Å². The molecule has 1 amide bonds. The van der Waals surface area contributed by atoms with Gasteiger partial charge in [0.25, 0.3) is 5.91 Å². The predicted octanol–water partition coefficient (Wildman–Crippen LogP) is 6.01. The van der Waals surface area contributed by atoms with Crippen molar-refractivity contribution in [1.29, 1.82) is 0 Å². The van der Waals surface area contributed by atoms with Crippen LogP contribution in [0.1, 0.15) is 25.0 Å². The van der Waals surface area contributed by atoms with Crippen LogP contribution in [0, 0.1) is 0 Å². The highest BCUT2D eigenvalue weighted by Crippen LogP contribution is 2.28. The van der Waals surface area contributed by atoms with Crippen molar-refractivity contribution in [2.45, 2.75) is 25.2 Å². The van der Waals surface area contributed by atoms with E-state index in [9.17, 15) is 4.79 Å². The van der Waals surface area contributed by atoms with Crippen LogP contribution in [0.3, 0.4) is 0 Å². The summed E-state index contributed by atoms with van der Waals surface area (Å²) in [5.74, 6) is -0.261. The van der Waals surface area contributed by atoms with Crippen LogP contribution in [0.15, 0.2) is 75.8 Å². The van der Waals surface area contributed by atoms with Crippen molar-refractivity contribution in [3.05, 3.63) is 87.1 Å². The molecule has 2 aromatic carbocycles. The molecule has 3 nitrogen and oxygen atoms in total. The molecule has 1 aliphatic rings. The lowest BCUT2D eigenvalue weighted by Gasteiger charge is -2.08. The maximum Gasteiger partial charge on any atom is 0.280 e. The number of benzene rings is 2. The van der Waals surface area contributed by atoms with Gasteiger partial charge < -0.3 is 0 Å². The number of nitrogens with zero attached hydrogens (tertiary/aromatic N) is 1. The predicted molar refractivity (Wildman–Crippen MR) is 115 cm³/mol. The number of allylic oxidation sites excluding steroid dienone is 3. The summed E-state index contributed by atoms with van der Waals surface area (Å²) in [6.07, 6.45) is 4.55. The van der Waals surface area contributed by atoms with Crippen LogP contribution in [0.4, 0.5) is 0 Å². The van der Waals surface area contributed by atoms with Gasteiger partial charge in [0, 0.05) is 20.5 Å². The molecular formula is C21H18Cl2N2OS. The first-order chi connectivity index (χ1) is 13.0. The highest BCUT2D eigenvalue weighted by molar-refractivity contribution is 7.98. The average molecular weight is 417 g/mol. The molecule has 0 unspecified atom stereocenters. The van der Waals surface area contributed by atoms with Crippen molar-refractivity contribution in [1.82, 2.24) is 4.72 Å². The molecule has 0 aliphatic carbocycles. The summed E-state index contributed by atoms with van der Waals surface area (Å²) in [7, 11) is 0. The van der Waals surface area contributed by atoms with E-state index in [1.807, 2.05) is 55.5 Å². The second kappa shape index (κ2) is 8.79. The minimum atomic E-state index is -0.261. The summed E-state index contributed by atoms with van der Waals surface area (Å²) in [5, 5.41) is 1.24. The number of halogens is 2. The lowest BCUT2D eigenvalue weighted by atomic mass is 10.0. The smallest absolute Gasteiger partial charge is 0.280 e. The Labute approximate surface area is 173 Å². The Morgan fingerprint density at radius 3 is 2.70 bits per heavy atom. The maximum absolute atomic E-state index is 12.6. The number of aryl methyl sites for hydroxylation is 1. The van der Waals surface area contributed by atoms with Crippen molar-refractivity contribution in [3.63, 3.8) is 0 Å². The Morgan fingerprint density at radius 2 is 2.00 bits per heavy atom. The quantitative estimate of drug-likeness (QED) is 0.605. The molecule has 0 spiro atoms. The van der Waals surface area contributed by atoms with Crippen molar-refractivity contribution >= 4 is 46.8 Å². The summed E-state index contributed by atoms with van der Waals surface area (Å²) in [6.45, 7) is 3.97. The van der Waals surface area contributed by atoms with Gasteiger partial charge in [0.1, 0.15) is 5.70 Å². The second-order valence-electron chi connectivity index (χ2n) is 5.85. The standard InChI is InChI=1S/C21H18Cl2N2OS/c1-3-13-9-10-15(22)12-19(13)27-25-21(26)18-11-14(4-2)20(24-18)16-7-5-6-8-17(16)23/h4-12H,3H2,1-2H3,(H,25,26)/b14-4+. The van der Waals surface area contributed by atoms with E-state index in [0.717, 1.165) is 28.0 Å². The van der Waals surface area contributed by atoms with Crippen molar-refractivity contribution in [2.24, 2.45) is 4.99 Å². The fraction of sp³-hybridized carbons (Fsp3) is 0.143. The number of rotatable bonds is 5. The van der Waals surface area contributed by atoms with Gasteiger partial charge in [-0.25, -0.2) is 4.99 Å². The molecule has 138 valence electrons. The van der Waals surface area contributed by atoms with E-state index in [2.05, 4.69) is 16.6 Å². The molecule has 0 saturated carbocycles. The largest absolute Gasteiger partial charge is 0.290 e. The highest BCUT2D eigenvalue weighted by Gasteiger charge is 2.22. The molecule has 0 aromatic heterocycles. The molecule has 1 N–H and O–H groups in total. The SMILES string of the molecule is C/C=C1\C=C(C(=O)NSc2cc(Cl)ccc2CC)N=C1c1ccccc1Cl. The van der Waals surface area contributed by atoms with Gasteiger partial charge in [-0.15, -0.1) is 0 Å². The zero-order chi connectivity index (χ0) is 19.4. The molecule has 1 heterocycles. The molecule has 0 bridgehead atoms. The molecule has 1 aliphatic heterocycles. The highest BCUT2D eigenvalue weighted by atomic mass is 35.5. The van der Waals surface area contributed by atoms with Crippen LogP contribution in [0.2, 0.25) is 10.0 Å². The fourth-order valence-corrected chi connectivity index (χ4v) is 4.01. The van der Waals surface area contributed by atoms with E-state index < -0.39 is 0 Å². The van der Waals surface area contributed by atoms with Crippen LogP contribution in [0.5, 0.6) is 0 Å². The Kier molecular flexibility index (Phi) is 6.42. The molecule has 3 rings (SSSR count). The second-order valence-corrected chi connectivity index (χ2v) is 7.54. The number of nitrogens with one attached hydrogen (secondary N) is 1. The molecule has 0 atom stereocenters. The maximum atomic E-state index is 12.6. The summed E-state index contributed by atoms with van der Waals surface area (Å²) in [5.41, 5.74) is 3.86. The van der Waals surface area contributed by atoms with Gasteiger partial charge in [0.2, 0.25) is 0 Å². The zero-order valence-corrected chi connectivity index (χ0v) is 17.3. The Bertz CT molecular complexity index is 980. The zero-order valence-electron chi connectivity index (χ0n) is 14.9. The number of hydrogen-bond donors (Lipinski definition) is 1. The Balaban J connectivity index is 1.80. The van der Waals surface area contributed by atoms with Gasteiger partial charge in [0.05, 0.1) is 5.71 Å². The minimum absolute atomic E-state index is 0.261. The van der Waals surface area contributed by atoms with E-state index in [1.165, 1.54) is 11.9 Å². The van der Waals surface area contributed by atoms with Gasteiger partial charge in [-0.05, 0) is 60.7 Å². The molecule has 27 heavy (non-hydrogen) atoms. The average Bonchev–Trinajstić information content (AvgIpc) is 3.11. The lowest BCUT2D eigenvalue weighted by Crippen LogP contribution is -2.16. The molecule has 0 fully saturated rings. The van der Waals surface area contributed by atoms with E-state index in [-0.39, 0.29) is 5.91 Å². The van der Waals surface area contributed by atoms with E-state index in [0.29, 0.717) is 21.5 Å². The van der Waals surface area contributed by atoms with Gasteiger partial charge >= 0.3 is 0 Å². The first-order valence-electron chi connectivity index (χ1n) is 8.51. The third-order valence-corrected chi connectivity index (χ3v) is 5.59. The summed E-state index contributed by atoms with van der Waals surface area (Å²) >= 11 is 13.6. The normalized spacial score (nSPS) is 14.9. The molecule has 0 radical (unpaired) electrons. The Hall–Kier alpha value is -2.01. The summed E-state index contributed by atoms with van der Waals surface area (Å²) < 4.78 is 2.86. The topological polar surface area (TPSA) is 41.5 Å². The monoisotopic (exact) mass is 416 g/mol. The van der Waals surface area contributed by atoms with Crippen LogP contribution in [-0.2, 0) is 11.2 Å². The number of aliphatic imine (C=N–C) groups is 1. The first-order valence-corrected chi connectivity index (χ1v) is 10.1. The Morgan fingerprint density at radius 1 is 1.22 bits per heavy atom. The van der Waals surface area contributed by atoms with Crippen molar-refractivity contribution in [2.75, 3.05) is 0 Å². The third kappa shape index (κ3) is 4.46. The number of carbonyl (C=O) groups is 1. The number of hydrogen-bond acceptors (Lipinski definition) is 3. The number of carbonyl (C=O) groups excluding carboxylic acids is 1. The molecular weight excluding hydrogens is 399 g/mol. The van der Waals surface area contributed by atoms with E-state index >= 15 is 0 Å². The van der Waals surface area contributed by atoms with E-state index in [4.69, 9.17) is 23.2 Å². The minimum Gasteiger partial charge on any atom is -0.290 e. The molecule has 0 saturated heterocycles. The van der Waals surface area contributed by atoms with Crippen molar-refractivity contribution in [3.8, 4) is 0 Å². The van der Waals surface area contributed by atoms with Crippen LogP contribution < -0.4 is 4.72 Å². The third-order valence-electron chi connectivity index (χ3n) is 4.13. The first kappa shape index (κ1) is 19.7. The van der Waals surface area contributed by atoms with Crippen LogP contribution in [0.25, 0.3) is 0 Å².